The van der Waals surface area contributed by atoms with Gasteiger partial charge < -0.3 is 15.5 Å². The van der Waals surface area contributed by atoms with Crippen molar-refractivity contribution in [2.75, 3.05) is 48.4 Å². The number of amides is 1. The van der Waals surface area contributed by atoms with Gasteiger partial charge in [-0.1, -0.05) is 41.9 Å². The Hall–Kier alpha value is -3.93. The van der Waals surface area contributed by atoms with Gasteiger partial charge in [0.05, 0.1) is 33.8 Å². The molecule has 0 bridgehead atoms. The number of anilines is 3. The standard InChI is InChI=1S/C26H26ClN5O5S/c1-30(2)13-14-31(38(3,36)37)19-11-9-18(10-12-19)28-25(17-7-5-4-6-8-17)24-20-15-23(32(34)35)21(27)16-22(20)29-26(24)33/h4-12,15-16,28H,13-14H2,1-3H3,(H,29,33)/b25-24-. The number of nitro benzene ring substituents is 1. The van der Waals surface area contributed by atoms with Crippen molar-refractivity contribution in [2.45, 2.75) is 0 Å². The van der Waals surface area contributed by atoms with Crippen LogP contribution in [0.25, 0.3) is 11.3 Å². The molecule has 0 unspecified atom stereocenters. The number of benzene rings is 3. The first-order chi connectivity index (χ1) is 18.0. The third kappa shape index (κ3) is 5.80. The second kappa shape index (κ2) is 10.8. The molecule has 198 valence electrons. The number of nitro groups is 1. The van der Waals surface area contributed by atoms with E-state index in [9.17, 15) is 23.3 Å². The zero-order chi connectivity index (χ0) is 27.6. The Kier molecular flexibility index (Phi) is 7.72. The van der Waals surface area contributed by atoms with Gasteiger partial charge in [0.25, 0.3) is 11.6 Å². The molecule has 0 saturated heterocycles. The molecule has 4 rings (SSSR count). The van der Waals surface area contributed by atoms with Crippen LogP contribution in [-0.2, 0) is 14.8 Å². The minimum atomic E-state index is -3.50. The van der Waals surface area contributed by atoms with Crippen molar-refractivity contribution in [2.24, 2.45) is 0 Å². The lowest BCUT2D eigenvalue weighted by molar-refractivity contribution is -0.384. The van der Waals surface area contributed by atoms with E-state index in [4.69, 9.17) is 11.6 Å². The molecule has 0 atom stereocenters. The SMILES string of the molecule is CN(C)CCN(c1ccc(N/C(=C2\C(=O)Nc3cc(Cl)c([N+](=O)[O-])cc32)c2ccccc2)cc1)S(C)(=O)=O. The molecule has 38 heavy (non-hydrogen) atoms. The first-order valence-electron chi connectivity index (χ1n) is 11.5. The summed E-state index contributed by atoms with van der Waals surface area (Å²) in [6.45, 7) is 0.832. The molecular formula is C26H26ClN5O5S. The Bertz CT molecular complexity index is 1520. The molecule has 3 aromatic carbocycles. The van der Waals surface area contributed by atoms with Crippen LogP contribution in [-0.4, -0.2) is 57.6 Å². The molecule has 3 aromatic rings. The Labute approximate surface area is 225 Å². The summed E-state index contributed by atoms with van der Waals surface area (Å²) in [6.07, 6.45) is 1.16. The van der Waals surface area contributed by atoms with Gasteiger partial charge in [-0.05, 0) is 50.0 Å². The monoisotopic (exact) mass is 555 g/mol. The van der Waals surface area contributed by atoms with Crippen molar-refractivity contribution >= 4 is 61.6 Å². The minimum Gasteiger partial charge on any atom is -0.354 e. The molecule has 0 fully saturated rings. The summed E-state index contributed by atoms with van der Waals surface area (Å²) >= 11 is 6.06. The number of likely N-dealkylation sites (N-methyl/N-ethyl adjacent to an activating group) is 1. The van der Waals surface area contributed by atoms with E-state index in [2.05, 4.69) is 10.6 Å². The highest BCUT2D eigenvalue weighted by molar-refractivity contribution is 7.92. The largest absolute Gasteiger partial charge is 0.354 e. The van der Waals surface area contributed by atoms with E-state index in [-0.39, 0.29) is 22.8 Å². The van der Waals surface area contributed by atoms with Crippen LogP contribution in [0.1, 0.15) is 11.1 Å². The molecule has 0 aliphatic carbocycles. The summed E-state index contributed by atoms with van der Waals surface area (Å²) in [4.78, 5) is 25.9. The zero-order valence-corrected chi connectivity index (χ0v) is 22.5. The number of nitrogens with zero attached hydrogens (tertiary/aromatic N) is 3. The van der Waals surface area contributed by atoms with Crippen molar-refractivity contribution in [3.8, 4) is 0 Å². The highest BCUT2D eigenvalue weighted by Crippen LogP contribution is 2.42. The molecule has 0 aromatic heterocycles. The van der Waals surface area contributed by atoms with E-state index >= 15 is 0 Å². The highest BCUT2D eigenvalue weighted by atomic mass is 35.5. The van der Waals surface area contributed by atoms with Crippen molar-refractivity contribution in [1.82, 2.24) is 4.90 Å². The average molecular weight is 556 g/mol. The maximum absolute atomic E-state index is 13.1. The first-order valence-corrected chi connectivity index (χ1v) is 13.8. The van der Waals surface area contributed by atoms with Crippen molar-refractivity contribution in [3.63, 3.8) is 0 Å². The van der Waals surface area contributed by atoms with Gasteiger partial charge >= 0.3 is 0 Å². The Morgan fingerprint density at radius 1 is 1.05 bits per heavy atom. The lowest BCUT2D eigenvalue weighted by Gasteiger charge is -2.24. The predicted octanol–water partition coefficient (Wildman–Crippen LogP) is 4.51. The molecule has 1 aliphatic heterocycles. The third-order valence-electron chi connectivity index (χ3n) is 5.92. The maximum atomic E-state index is 13.1. The van der Waals surface area contributed by atoms with E-state index in [1.54, 1.807) is 24.3 Å². The number of halogens is 1. The van der Waals surface area contributed by atoms with Crippen molar-refractivity contribution in [1.29, 1.82) is 0 Å². The summed E-state index contributed by atoms with van der Waals surface area (Å²) < 4.78 is 26.1. The van der Waals surface area contributed by atoms with Crippen LogP contribution < -0.4 is 14.9 Å². The van der Waals surface area contributed by atoms with E-state index in [0.29, 0.717) is 40.4 Å². The van der Waals surface area contributed by atoms with Crippen molar-refractivity contribution < 1.29 is 18.1 Å². The van der Waals surface area contributed by atoms with Crippen LogP contribution in [0, 0.1) is 10.1 Å². The van der Waals surface area contributed by atoms with E-state index in [1.165, 1.54) is 16.4 Å². The number of sulfonamides is 1. The van der Waals surface area contributed by atoms with Gasteiger partial charge in [-0.15, -0.1) is 0 Å². The lowest BCUT2D eigenvalue weighted by Crippen LogP contribution is -2.35. The summed E-state index contributed by atoms with van der Waals surface area (Å²) in [5.41, 5.74) is 2.83. The summed E-state index contributed by atoms with van der Waals surface area (Å²) in [6, 6.07) is 18.5. The minimum absolute atomic E-state index is 0.0789. The molecule has 12 heteroatoms. The summed E-state index contributed by atoms with van der Waals surface area (Å²) in [5, 5.41) is 17.4. The van der Waals surface area contributed by atoms with E-state index < -0.39 is 20.9 Å². The number of nitrogens with one attached hydrogen (secondary N) is 2. The second-order valence-corrected chi connectivity index (χ2v) is 11.3. The van der Waals surface area contributed by atoms with Gasteiger partial charge in [-0.3, -0.25) is 19.2 Å². The first kappa shape index (κ1) is 27.1. The number of hydrogen-bond acceptors (Lipinski definition) is 7. The number of fused-ring (bicyclic) bond motifs is 1. The van der Waals surface area contributed by atoms with Gasteiger partial charge in [0.2, 0.25) is 10.0 Å². The molecule has 1 heterocycles. The average Bonchev–Trinajstić information content (AvgIpc) is 3.16. The Morgan fingerprint density at radius 3 is 2.29 bits per heavy atom. The van der Waals surface area contributed by atoms with Gasteiger partial charge in [0, 0.05) is 30.4 Å². The van der Waals surface area contributed by atoms with Crippen LogP contribution in [0.5, 0.6) is 0 Å². The number of carbonyl (C=O) groups is 1. The van der Waals surface area contributed by atoms with Crippen LogP contribution in [0.3, 0.4) is 0 Å². The van der Waals surface area contributed by atoms with Crippen LogP contribution in [0.15, 0.2) is 66.7 Å². The van der Waals surface area contributed by atoms with Gasteiger partial charge in [-0.25, -0.2) is 8.42 Å². The lowest BCUT2D eigenvalue weighted by atomic mass is 9.99. The molecule has 2 N–H and O–H groups in total. The van der Waals surface area contributed by atoms with Gasteiger partial charge in [0.15, 0.2) is 0 Å². The number of rotatable bonds is 9. The molecular weight excluding hydrogens is 530 g/mol. The third-order valence-corrected chi connectivity index (χ3v) is 7.41. The maximum Gasteiger partial charge on any atom is 0.288 e. The molecule has 0 radical (unpaired) electrons. The Balaban J connectivity index is 1.78. The Morgan fingerprint density at radius 2 is 1.71 bits per heavy atom. The zero-order valence-electron chi connectivity index (χ0n) is 20.9. The van der Waals surface area contributed by atoms with Crippen molar-refractivity contribution in [3.05, 3.63) is 93.0 Å². The second-order valence-electron chi connectivity index (χ2n) is 8.99. The summed E-state index contributed by atoms with van der Waals surface area (Å²) in [7, 11) is 0.231. The summed E-state index contributed by atoms with van der Waals surface area (Å²) in [5.74, 6) is -0.438. The van der Waals surface area contributed by atoms with E-state index in [0.717, 1.165) is 6.26 Å². The predicted molar refractivity (Wildman–Crippen MR) is 151 cm³/mol. The topological polar surface area (TPSA) is 125 Å². The fourth-order valence-electron chi connectivity index (χ4n) is 4.08. The van der Waals surface area contributed by atoms with Crippen LogP contribution >= 0.6 is 11.6 Å². The highest BCUT2D eigenvalue weighted by Gasteiger charge is 2.32. The fourth-order valence-corrected chi connectivity index (χ4v) is 5.23. The van der Waals surface area contributed by atoms with Crippen LogP contribution in [0.4, 0.5) is 22.7 Å². The van der Waals surface area contributed by atoms with Crippen LogP contribution in [0.2, 0.25) is 5.02 Å². The molecule has 0 saturated carbocycles. The molecule has 1 amide bonds. The normalized spacial score (nSPS) is 14.2. The number of carbonyl (C=O) groups excluding carboxylic acids is 1. The smallest absolute Gasteiger partial charge is 0.288 e. The molecule has 10 nitrogen and oxygen atoms in total. The number of hydrogen-bond donors (Lipinski definition) is 2. The van der Waals surface area contributed by atoms with E-state index in [1.807, 2.05) is 49.3 Å². The fraction of sp³-hybridized carbons (Fsp3) is 0.192. The molecule has 0 spiro atoms. The van der Waals surface area contributed by atoms with Gasteiger partial charge in [0.1, 0.15) is 5.02 Å². The molecule has 1 aliphatic rings. The quantitative estimate of drug-likeness (QED) is 0.226. The van der Waals surface area contributed by atoms with Gasteiger partial charge in [-0.2, -0.15) is 0 Å².